The highest BCUT2D eigenvalue weighted by molar-refractivity contribution is 14.1. The number of halogens is 1. The first-order valence-electron chi connectivity index (χ1n) is 3.75. The summed E-state index contributed by atoms with van der Waals surface area (Å²) in [5.74, 6) is -1.07. The molecule has 0 radical (unpaired) electrons. The van der Waals surface area contributed by atoms with Gasteiger partial charge in [0.15, 0.2) is 0 Å². The van der Waals surface area contributed by atoms with Crippen LogP contribution in [0.4, 0.5) is 5.69 Å². The van der Waals surface area contributed by atoms with Crippen LogP contribution in [0, 0.1) is 10.5 Å². The molecule has 0 aliphatic rings. The predicted octanol–water partition coefficient (Wildman–Crippen LogP) is 0.474. The molecule has 70 valence electrons. The molecule has 13 heavy (non-hydrogen) atoms. The van der Waals surface area contributed by atoms with E-state index < -0.39 is 5.97 Å². The van der Waals surface area contributed by atoms with E-state index in [1.165, 1.54) is 0 Å². The first kappa shape index (κ1) is 10.3. The van der Waals surface area contributed by atoms with E-state index >= 15 is 0 Å². The average molecular weight is 290 g/mol. The maximum Gasteiger partial charge on any atom is 0.0479 e. The number of nitrogens with two attached hydrogens (primary N) is 1. The van der Waals surface area contributed by atoms with Crippen LogP contribution in [0.2, 0.25) is 0 Å². The maximum absolute atomic E-state index is 10.3. The zero-order valence-electron chi connectivity index (χ0n) is 7.13. The number of nitrogen functional groups attached to an aromatic ring is 1. The van der Waals surface area contributed by atoms with E-state index in [2.05, 4.69) is 22.6 Å². The van der Waals surface area contributed by atoms with Crippen LogP contribution in [0.3, 0.4) is 0 Å². The standard InChI is InChI=1S/C9H10INO2/c1-5-2-6(4-8(12)13)3-7(10)9(5)11/h2-3H,4,11H2,1H3,(H,12,13)/p-1. The van der Waals surface area contributed by atoms with Gasteiger partial charge < -0.3 is 15.6 Å². The second-order valence-electron chi connectivity index (χ2n) is 2.86. The maximum atomic E-state index is 10.3. The van der Waals surface area contributed by atoms with E-state index in [-0.39, 0.29) is 6.42 Å². The Kier molecular flexibility index (Phi) is 3.13. The van der Waals surface area contributed by atoms with Crippen molar-refractivity contribution in [3.8, 4) is 0 Å². The molecule has 4 heteroatoms. The fourth-order valence-electron chi connectivity index (χ4n) is 1.10. The summed E-state index contributed by atoms with van der Waals surface area (Å²) < 4.78 is 0.883. The summed E-state index contributed by atoms with van der Waals surface area (Å²) in [6.07, 6.45) is -0.0584. The summed E-state index contributed by atoms with van der Waals surface area (Å²) >= 11 is 2.08. The van der Waals surface area contributed by atoms with Crippen LogP contribution in [0.1, 0.15) is 11.1 Å². The highest BCUT2D eigenvalue weighted by Crippen LogP contribution is 2.21. The molecular formula is C9H9INO2-. The van der Waals surface area contributed by atoms with Crippen LogP contribution in [0.15, 0.2) is 12.1 Å². The van der Waals surface area contributed by atoms with Crippen LogP contribution < -0.4 is 10.8 Å². The number of benzene rings is 1. The van der Waals surface area contributed by atoms with Gasteiger partial charge in [0.05, 0.1) is 0 Å². The number of aryl methyl sites for hydroxylation is 1. The fraction of sp³-hybridized carbons (Fsp3) is 0.222. The van der Waals surface area contributed by atoms with E-state index in [1.807, 2.05) is 6.92 Å². The van der Waals surface area contributed by atoms with Gasteiger partial charge in [-0.2, -0.15) is 0 Å². The highest BCUT2D eigenvalue weighted by Gasteiger charge is 2.02. The van der Waals surface area contributed by atoms with Crippen molar-refractivity contribution in [1.82, 2.24) is 0 Å². The molecule has 0 heterocycles. The molecule has 0 saturated heterocycles. The number of carboxylic acids is 1. The molecule has 0 fully saturated rings. The molecule has 2 N–H and O–H groups in total. The number of hydrogen-bond acceptors (Lipinski definition) is 3. The van der Waals surface area contributed by atoms with Crippen molar-refractivity contribution < 1.29 is 9.90 Å². The van der Waals surface area contributed by atoms with Crippen LogP contribution in [-0.4, -0.2) is 5.97 Å². The molecule has 0 amide bonds. The van der Waals surface area contributed by atoms with Gasteiger partial charge in [0.2, 0.25) is 0 Å². The lowest BCUT2D eigenvalue weighted by Crippen LogP contribution is -2.24. The number of hydrogen-bond donors (Lipinski definition) is 1. The van der Waals surface area contributed by atoms with Crippen molar-refractivity contribution in [1.29, 1.82) is 0 Å². The van der Waals surface area contributed by atoms with E-state index in [4.69, 9.17) is 5.73 Å². The van der Waals surface area contributed by atoms with Crippen LogP contribution in [-0.2, 0) is 11.2 Å². The Morgan fingerprint density at radius 3 is 2.69 bits per heavy atom. The van der Waals surface area contributed by atoms with Gasteiger partial charge in [0.1, 0.15) is 0 Å². The summed E-state index contributed by atoms with van der Waals surface area (Å²) in [5, 5.41) is 10.3. The SMILES string of the molecule is Cc1cc(CC(=O)[O-])cc(I)c1N. The largest absolute Gasteiger partial charge is 0.550 e. The van der Waals surface area contributed by atoms with Crippen molar-refractivity contribution in [2.45, 2.75) is 13.3 Å². The predicted molar refractivity (Wildman–Crippen MR) is 57.0 cm³/mol. The zero-order chi connectivity index (χ0) is 10.0. The Morgan fingerprint density at radius 1 is 1.62 bits per heavy atom. The third-order valence-corrected chi connectivity index (χ3v) is 2.64. The van der Waals surface area contributed by atoms with Gasteiger partial charge in [0, 0.05) is 21.6 Å². The molecule has 1 aromatic rings. The van der Waals surface area contributed by atoms with Crippen molar-refractivity contribution in [3.63, 3.8) is 0 Å². The summed E-state index contributed by atoms with van der Waals surface area (Å²) in [5.41, 5.74) is 8.06. The lowest BCUT2D eigenvalue weighted by atomic mass is 10.1. The molecule has 3 nitrogen and oxygen atoms in total. The average Bonchev–Trinajstić information content (AvgIpc) is 1.98. The van der Waals surface area contributed by atoms with E-state index in [0.717, 1.165) is 14.7 Å². The van der Waals surface area contributed by atoms with Gasteiger partial charge in [-0.3, -0.25) is 0 Å². The lowest BCUT2D eigenvalue weighted by Gasteiger charge is -2.08. The summed E-state index contributed by atoms with van der Waals surface area (Å²) in [6, 6.07) is 3.53. The molecule has 1 aromatic carbocycles. The Labute approximate surface area is 90.1 Å². The molecule has 0 atom stereocenters. The molecular weight excluding hydrogens is 281 g/mol. The molecule has 0 aliphatic carbocycles. The van der Waals surface area contributed by atoms with Gasteiger partial charge >= 0.3 is 0 Å². The number of carbonyl (C=O) groups is 1. The zero-order valence-corrected chi connectivity index (χ0v) is 9.29. The van der Waals surface area contributed by atoms with Crippen molar-refractivity contribution in [2.24, 2.45) is 0 Å². The Morgan fingerprint density at radius 2 is 2.23 bits per heavy atom. The van der Waals surface area contributed by atoms with E-state index in [1.54, 1.807) is 12.1 Å². The Hall–Kier alpha value is -0.780. The minimum absolute atomic E-state index is 0.0584. The summed E-state index contributed by atoms with van der Waals surface area (Å²) in [4.78, 5) is 10.3. The number of rotatable bonds is 2. The third kappa shape index (κ3) is 2.58. The molecule has 0 aliphatic heterocycles. The number of aliphatic carboxylic acids is 1. The second kappa shape index (κ2) is 3.95. The quantitative estimate of drug-likeness (QED) is 0.636. The highest BCUT2D eigenvalue weighted by atomic mass is 127. The fourth-order valence-corrected chi connectivity index (χ4v) is 1.92. The number of carboxylic acid groups (broad SMARTS) is 1. The summed E-state index contributed by atoms with van der Waals surface area (Å²) in [6.45, 7) is 1.86. The van der Waals surface area contributed by atoms with Gasteiger partial charge in [-0.1, -0.05) is 6.07 Å². The molecule has 0 aromatic heterocycles. The van der Waals surface area contributed by atoms with Gasteiger partial charge in [-0.25, -0.2) is 0 Å². The van der Waals surface area contributed by atoms with Crippen molar-refractivity contribution in [3.05, 3.63) is 26.8 Å². The first-order chi connectivity index (χ1) is 6.00. The number of carbonyl (C=O) groups excluding carboxylic acids is 1. The monoisotopic (exact) mass is 290 g/mol. The molecule has 0 saturated carbocycles. The van der Waals surface area contributed by atoms with Crippen molar-refractivity contribution in [2.75, 3.05) is 5.73 Å². The topological polar surface area (TPSA) is 66.1 Å². The molecule has 0 bridgehead atoms. The van der Waals surface area contributed by atoms with Crippen molar-refractivity contribution >= 4 is 34.2 Å². The minimum Gasteiger partial charge on any atom is -0.550 e. The number of anilines is 1. The van der Waals surface area contributed by atoms with Crippen LogP contribution in [0.25, 0.3) is 0 Å². The van der Waals surface area contributed by atoms with Crippen LogP contribution >= 0.6 is 22.6 Å². The van der Waals surface area contributed by atoms with Gasteiger partial charge in [0.25, 0.3) is 0 Å². The van der Waals surface area contributed by atoms with Gasteiger partial charge in [-0.05, 0) is 46.7 Å². The molecule has 1 rings (SSSR count). The first-order valence-corrected chi connectivity index (χ1v) is 4.83. The summed E-state index contributed by atoms with van der Waals surface area (Å²) in [7, 11) is 0. The van der Waals surface area contributed by atoms with E-state index in [9.17, 15) is 9.90 Å². The minimum atomic E-state index is -1.07. The van der Waals surface area contributed by atoms with E-state index in [0.29, 0.717) is 5.69 Å². The van der Waals surface area contributed by atoms with Crippen LogP contribution in [0.5, 0.6) is 0 Å². The second-order valence-corrected chi connectivity index (χ2v) is 4.02. The Bertz CT molecular complexity index is 326. The normalized spacial score (nSPS) is 10.0. The Balaban J connectivity index is 3.06. The third-order valence-electron chi connectivity index (χ3n) is 1.74. The lowest BCUT2D eigenvalue weighted by molar-refractivity contribution is -0.304. The molecule has 0 unspecified atom stereocenters. The smallest absolute Gasteiger partial charge is 0.0479 e. The molecule has 0 spiro atoms. The van der Waals surface area contributed by atoms with Gasteiger partial charge in [-0.15, -0.1) is 0 Å².